The fourth-order valence-electron chi connectivity index (χ4n) is 2.67. The Kier molecular flexibility index (Phi) is 5.82. The molecule has 26 heavy (non-hydrogen) atoms. The van der Waals surface area contributed by atoms with E-state index in [2.05, 4.69) is 5.32 Å². The van der Waals surface area contributed by atoms with Crippen LogP contribution in [0.4, 0.5) is 5.69 Å². The Morgan fingerprint density at radius 3 is 2.19 bits per heavy atom. The summed E-state index contributed by atoms with van der Waals surface area (Å²) in [6.45, 7) is 0. The second-order valence-corrected chi connectivity index (χ2v) is 6.36. The van der Waals surface area contributed by atoms with Crippen molar-refractivity contribution in [2.75, 3.05) is 5.32 Å². The maximum Gasteiger partial charge on any atom is 0.224 e. The number of halogens is 1. The minimum Gasteiger partial charge on any atom is -0.325 e. The number of carbonyl (C=O) groups is 2. The van der Waals surface area contributed by atoms with Gasteiger partial charge in [0.05, 0.1) is 5.69 Å². The van der Waals surface area contributed by atoms with E-state index < -0.39 is 0 Å². The van der Waals surface area contributed by atoms with E-state index in [0.29, 0.717) is 34.7 Å². The van der Waals surface area contributed by atoms with Crippen molar-refractivity contribution in [2.24, 2.45) is 0 Å². The Bertz CT molecular complexity index is 908. The molecule has 0 aliphatic carbocycles. The summed E-state index contributed by atoms with van der Waals surface area (Å²) in [5.41, 5.74) is 2.51. The van der Waals surface area contributed by atoms with Crippen LogP contribution < -0.4 is 5.32 Å². The van der Waals surface area contributed by atoms with Crippen molar-refractivity contribution in [3.63, 3.8) is 0 Å². The lowest BCUT2D eigenvalue weighted by Gasteiger charge is -2.11. The zero-order chi connectivity index (χ0) is 18.4. The number of aryl methyl sites for hydroxylation is 1. The van der Waals surface area contributed by atoms with E-state index in [9.17, 15) is 9.59 Å². The highest BCUT2D eigenvalue weighted by Gasteiger charge is 2.16. The first kappa shape index (κ1) is 17.9. The van der Waals surface area contributed by atoms with Crippen LogP contribution in [0.5, 0.6) is 0 Å². The van der Waals surface area contributed by atoms with Crippen LogP contribution in [0.15, 0.2) is 78.9 Å². The molecule has 0 aliphatic heterocycles. The average molecular weight is 364 g/mol. The standard InChI is InChI=1S/C22H18ClNO2/c23-18-12-13-20(19(15-18)22(26)17-9-5-2-6-10-17)24-21(25)14-11-16-7-3-1-4-8-16/h1-10,12-13,15H,11,14H2,(H,24,25). The second kappa shape index (κ2) is 8.45. The number of carbonyl (C=O) groups excluding carboxylic acids is 2. The Balaban J connectivity index is 1.75. The number of nitrogens with one attached hydrogen (secondary N) is 1. The highest BCUT2D eigenvalue weighted by Crippen LogP contribution is 2.24. The Labute approximate surface area is 157 Å². The van der Waals surface area contributed by atoms with E-state index in [-0.39, 0.29) is 11.7 Å². The van der Waals surface area contributed by atoms with E-state index in [1.54, 1.807) is 42.5 Å². The largest absolute Gasteiger partial charge is 0.325 e. The van der Waals surface area contributed by atoms with Crippen molar-refractivity contribution in [1.29, 1.82) is 0 Å². The third kappa shape index (κ3) is 4.58. The van der Waals surface area contributed by atoms with Gasteiger partial charge in [-0.2, -0.15) is 0 Å². The molecule has 3 rings (SSSR count). The van der Waals surface area contributed by atoms with Crippen LogP contribution in [0.3, 0.4) is 0 Å². The number of ketones is 1. The maximum atomic E-state index is 12.8. The predicted molar refractivity (Wildman–Crippen MR) is 105 cm³/mol. The lowest BCUT2D eigenvalue weighted by Crippen LogP contribution is -2.15. The van der Waals surface area contributed by atoms with Gasteiger partial charge in [-0.15, -0.1) is 0 Å². The molecule has 0 aromatic heterocycles. The Morgan fingerprint density at radius 1 is 0.846 bits per heavy atom. The predicted octanol–water partition coefficient (Wildman–Crippen LogP) is 5.14. The molecule has 0 atom stereocenters. The van der Waals surface area contributed by atoms with Crippen molar-refractivity contribution in [1.82, 2.24) is 0 Å². The number of anilines is 1. The molecule has 3 aromatic rings. The van der Waals surface area contributed by atoms with Gasteiger partial charge >= 0.3 is 0 Å². The van der Waals surface area contributed by atoms with Gasteiger partial charge in [0.15, 0.2) is 5.78 Å². The first-order valence-electron chi connectivity index (χ1n) is 8.36. The summed E-state index contributed by atoms with van der Waals surface area (Å²) in [4.78, 5) is 25.1. The van der Waals surface area contributed by atoms with Crippen LogP contribution in [0.1, 0.15) is 27.9 Å². The first-order chi connectivity index (χ1) is 12.6. The SMILES string of the molecule is O=C(CCc1ccccc1)Nc1ccc(Cl)cc1C(=O)c1ccccc1. The third-order valence-corrected chi connectivity index (χ3v) is 4.25. The zero-order valence-corrected chi connectivity index (χ0v) is 14.9. The van der Waals surface area contributed by atoms with Crippen LogP contribution in [0.25, 0.3) is 0 Å². The molecule has 0 fully saturated rings. The molecule has 0 aliphatic rings. The molecule has 0 spiro atoms. The molecule has 0 bridgehead atoms. The summed E-state index contributed by atoms with van der Waals surface area (Å²) in [6, 6.07) is 23.7. The molecule has 0 saturated carbocycles. The van der Waals surface area contributed by atoms with E-state index in [4.69, 9.17) is 11.6 Å². The lowest BCUT2D eigenvalue weighted by molar-refractivity contribution is -0.116. The normalized spacial score (nSPS) is 10.3. The van der Waals surface area contributed by atoms with Gasteiger partial charge in [-0.3, -0.25) is 9.59 Å². The minimum absolute atomic E-state index is 0.140. The smallest absolute Gasteiger partial charge is 0.224 e. The van der Waals surface area contributed by atoms with Gasteiger partial charge in [0.25, 0.3) is 0 Å². The van der Waals surface area contributed by atoms with Crippen molar-refractivity contribution in [3.05, 3.63) is 101 Å². The molecule has 4 heteroatoms. The van der Waals surface area contributed by atoms with Crippen molar-refractivity contribution < 1.29 is 9.59 Å². The monoisotopic (exact) mass is 363 g/mol. The summed E-state index contributed by atoms with van der Waals surface area (Å²) in [5.74, 6) is -0.315. The summed E-state index contributed by atoms with van der Waals surface area (Å²) in [7, 11) is 0. The van der Waals surface area contributed by atoms with Gasteiger partial charge in [-0.1, -0.05) is 72.3 Å². The number of rotatable bonds is 6. The summed E-state index contributed by atoms with van der Waals surface area (Å²) < 4.78 is 0. The molecule has 130 valence electrons. The molecule has 3 nitrogen and oxygen atoms in total. The average Bonchev–Trinajstić information content (AvgIpc) is 2.69. The van der Waals surface area contributed by atoms with E-state index >= 15 is 0 Å². The van der Waals surface area contributed by atoms with E-state index in [0.717, 1.165) is 5.56 Å². The van der Waals surface area contributed by atoms with E-state index in [1.165, 1.54) is 0 Å². The number of hydrogen-bond donors (Lipinski definition) is 1. The summed E-state index contributed by atoms with van der Waals surface area (Å²) in [6.07, 6.45) is 0.980. The van der Waals surface area contributed by atoms with Crippen molar-refractivity contribution in [2.45, 2.75) is 12.8 Å². The van der Waals surface area contributed by atoms with Crippen LogP contribution in [-0.2, 0) is 11.2 Å². The highest BCUT2D eigenvalue weighted by atomic mass is 35.5. The van der Waals surface area contributed by atoms with Crippen molar-refractivity contribution in [3.8, 4) is 0 Å². The molecule has 0 heterocycles. The molecule has 0 radical (unpaired) electrons. The molecule has 1 amide bonds. The topological polar surface area (TPSA) is 46.2 Å². The van der Waals surface area contributed by atoms with Crippen LogP contribution >= 0.6 is 11.6 Å². The van der Waals surface area contributed by atoms with Crippen LogP contribution in [-0.4, -0.2) is 11.7 Å². The molecule has 3 aromatic carbocycles. The Morgan fingerprint density at radius 2 is 1.50 bits per heavy atom. The van der Waals surface area contributed by atoms with Gasteiger partial charge in [-0.25, -0.2) is 0 Å². The zero-order valence-electron chi connectivity index (χ0n) is 14.1. The van der Waals surface area contributed by atoms with E-state index in [1.807, 2.05) is 36.4 Å². The van der Waals surface area contributed by atoms with Gasteiger partial charge in [0.1, 0.15) is 0 Å². The minimum atomic E-state index is -0.175. The van der Waals surface area contributed by atoms with Gasteiger partial charge < -0.3 is 5.32 Å². The summed E-state index contributed by atoms with van der Waals surface area (Å²) >= 11 is 6.06. The van der Waals surface area contributed by atoms with Crippen LogP contribution in [0, 0.1) is 0 Å². The van der Waals surface area contributed by atoms with Gasteiger partial charge in [0.2, 0.25) is 5.91 Å². The molecular weight excluding hydrogens is 346 g/mol. The Hall–Kier alpha value is -2.91. The fraction of sp³-hybridized carbons (Fsp3) is 0.0909. The molecular formula is C22H18ClNO2. The highest BCUT2D eigenvalue weighted by molar-refractivity contribution is 6.31. The van der Waals surface area contributed by atoms with Gasteiger partial charge in [-0.05, 0) is 30.2 Å². The second-order valence-electron chi connectivity index (χ2n) is 5.92. The van der Waals surface area contributed by atoms with Crippen LogP contribution in [0.2, 0.25) is 5.02 Å². The number of benzene rings is 3. The molecule has 0 saturated heterocycles. The molecule has 1 N–H and O–H groups in total. The summed E-state index contributed by atoms with van der Waals surface area (Å²) in [5, 5.41) is 3.29. The first-order valence-corrected chi connectivity index (χ1v) is 8.74. The lowest BCUT2D eigenvalue weighted by atomic mass is 10.0. The number of hydrogen-bond acceptors (Lipinski definition) is 2. The third-order valence-electron chi connectivity index (χ3n) is 4.02. The fourth-order valence-corrected chi connectivity index (χ4v) is 2.85. The quantitative estimate of drug-likeness (QED) is 0.616. The maximum absolute atomic E-state index is 12.8. The number of amides is 1. The molecule has 0 unspecified atom stereocenters. The van der Waals surface area contributed by atoms with Gasteiger partial charge in [0, 0.05) is 22.6 Å². The van der Waals surface area contributed by atoms with Crippen molar-refractivity contribution >= 4 is 29.0 Å².